The van der Waals surface area contributed by atoms with Crippen molar-refractivity contribution in [3.05, 3.63) is 78.9 Å². The molecule has 0 atom stereocenters. The molecule has 0 aliphatic carbocycles. The van der Waals surface area contributed by atoms with Crippen molar-refractivity contribution in [1.82, 2.24) is 0 Å². The average Bonchev–Trinajstić information content (AvgIpc) is 2.65. The molecule has 0 spiro atoms. The van der Waals surface area contributed by atoms with Crippen molar-refractivity contribution in [3.8, 4) is 0 Å². The van der Waals surface area contributed by atoms with Crippen LogP contribution in [0, 0.1) is 0 Å². The standard InChI is InChI=1S/C24H14/c1-2-14-6-7-16-10-12-18-13-11-17-9-8-15-4-3-5-19-20(14)22(16)24(18)23(17)21(15)19/h2-13H,1H2. The van der Waals surface area contributed by atoms with Gasteiger partial charge in [0.25, 0.3) is 0 Å². The molecular formula is C24H14. The first-order chi connectivity index (χ1) is 11.9. The number of hydrogen-bond acceptors (Lipinski definition) is 0. The molecule has 0 amide bonds. The fourth-order valence-corrected chi connectivity index (χ4v) is 4.51. The molecule has 0 aliphatic rings. The predicted molar refractivity (Wildman–Crippen MR) is 106 cm³/mol. The van der Waals surface area contributed by atoms with Gasteiger partial charge < -0.3 is 0 Å². The number of benzene rings is 6. The highest BCUT2D eigenvalue weighted by Crippen LogP contribution is 2.45. The summed E-state index contributed by atoms with van der Waals surface area (Å²) in [6, 6.07) is 24.6. The smallest absolute Gasteiger partial charge is 0.00139 e. The lowest BCUT2D eigenvalue weighted by molar-refractivity contribution is 1.77. The van der Waals surface area contributed by atoms with Gasteiger partial charge in [-0.25, -0.2) is 0 Å². The summed E-state index contributed by atoms with van der Waals surface area (Å²) >= 11 is 0. The normalized spacial score (nSPS) is 12.3. The quantitative estimate of drug-likeness (QED) is 0.227. The molecule has 0 unspecified atom stereocenters. The van der Waals surface area contributed by atoms with E-state index >= 15 is 0 Å². The lowest BCUT2D eigenvalue weighted by Crippen LogP contribution is -1.91. The van der Waals surface area contributed by atoms with E-state index in [1.807, 2.05) is 6.08 Å². The SMILES string of the molecule is C=Cc1ccc2ccc3ccc4ccc5cccc6c1c2c3c4c56. The van der Waals surface area contributed by atoms with Crippen molar-refractivity contribution in [2.45, 2.75) is 0 Å². The summed E-state index contributed by atoms with van der Waals surface area (Å²) in [5.41, 5.74) is 1.22. The Kier molecular flexibility index (Phi) is 2.07. The summed E-state index contributed by atoms with van der Waals surface area (Å²) in [7, 11) is 0. The Labute approximate surface area is 139 Å². The summed E-state index contributed by atoms with van der Waals surface area (Å²) in [4.78, 5) is 0. The number of fused-ring (bicyclic) bond motifs is 1. The Hall–Kier alpha value is -3.12. The third kappa shape index (κ3) is 1.27. The van der Waals surface area contributed by atoms with E-state index in [9.17, 15) is 0 Å². The molecule has 6 aromatic carbocycles. The van der Waals surface area contributed by atoms with Crippen molar-refractivity contribution in [1.29, 1.82) is 0 Å². The maximum atomic E-state index is 4.06. The molecule has 0 heteroatoms. The molecule has 0 heterocycles. The molecule has 6 aromatic rings. The maximum absolute atomic E-state index is 4.06. The van der Waals surface area contributed by atoms with Crippen LogP contribution < -0.4 is 0 Å². The van der Waals surface area contributed by atoms with Gasteiger partial charge in [0.05, 0.1) is 0 Å². The van der Waals surface area contributed by atoms with Crippen LogP contribution in [0.4, 0.5) is 0 Å². The van der Waals surface area contributed by atoms with Crippen LogP contribution in [0.2, 0.25) is 0 Å². The van der Waals surface area contributed by atoms with E-state index in [4.69, 9.17) is 0 Å². The minimum atomic E-state index is 1.22. The molecular weight excluding hydrogens is 288 g/mol. The summed E-state index contributed by atoms with van der Waals surface area (Å²) in [6.45, 7) is 4.06. The minimum absolute atomic E-state index is 1.22. The third-order valence-electron chi connectivity index (χ3n) is 5.51. The highest BCUT2D eigenvalue weighted by molar-refractivity contribution is 6.40. The number of hydrogen-bond donors (Lipinski definition) is 0. The van der Waals surface area contributed by atoms with Gasteiger partial charge in [-0.05, 0) is 59.4 Å². The molecule has 0 saturated heterocycles. The van der Waals surface area contributed by atoms with Gasteiger partial charge in [0.1, 0.15) is 0 Å². The van der Waals surface area contributed by atoms with Crippen molar-refractivity contribution < 1.29 is 0 Å². The summed E-state index contributed by atoms with van der Waals surface area (Å²) in [5.74, 6) is 0. The Morgan fingerprint density at radius 3 is 1.62 bits per heavy atom. The zero-order valence-corrected chi connectivity index (χ0v) is 13.1. The Morgan fingerprint density at radius 2 is 1.00 bits per heavy atom. The van der Waals surface area contributed by atoms with Gasteiger partial charge in [-0.2, -0.15) is 0 Å². The molecule has 0 bridgehead atoms. The fourth-order valence-electron chi connectivity index (χ4n) is 4.51. The van der Waals surface area contributed by atoms with Crippen LogP contribution >= 0.6 is 0 Å². The van der Waals surface area contributed by atoms with Crippen LogP contribution in [-0.2, 0) is 0 Å². The fraction of sp³-hybridized carbons (Fsp3) is 0. The first kappa shape index (κ1) is 12.3. The van der Waals surface area contributed by atoms with Gasteiger partial charge in [-0.1, -0.05) is 79.4 Å². The largest absolute Gasteiger partial charge is 0.0984 e. The molecule has 0 nitrogen and oxygen atoms in total. The van der Waals surface area contributed by atoms with Crippen LogP contribution in [-0.4, -0.2) is 0 Å². The van der Waals surface area contributed by atoms with Crippen molar-refractivity contribution >= 4 is 59.9 Å². The van der Waals surface area contributed by atoms with Crippen LogP contribution in [0.15, 0.2) is 73.3 Å². The van der Waals surface area contributed by atoms with Gasteiger partial charge in [0, 0.05) is 0 Å². The van der Waals surface area contributed by atoms with E-state index in [-0.39, 0.29) is 0 Å². The molecule has 6 rings (SSSR count). The molecule has 0 saturated carbocycles. The monoisotopic (exact) mass is 302 g/mol. The average molecular weight is 302 g/mol. The Morgan fingerprint density at radius 1 is 0.500 bits per heavy atom. The van der Waals surface area contributed by atoms with E-state index in [0.717, 1.165) is 0 Å². The molecule has 0 N–H and O–H groups in total. The third-order valence-corrected chi connectivity index (χ3v) is 5.51. The molecule has 0 radical (unpaired) electrons. The minimum Gasteiger partial charge on any atom is -0.0984 e. The van der Waals surface area contributed by atoms with E-state index < -0.39 is 0 Å². The second kappa shape index (κ2) is 4.04. The molecule has 24 heavy (non-hydrogen) atoms. The number of rotatable bonds is 1. The van der Waals surface area contributed by atoms with E-state index in [1.165, 1.54) is 59.4 Å². The van der Waals surface area contributed by atoms with Crippen LogP contribution in [0.25, 0.3) is 59.9 Å². The highest BCUT2D eigenvalue weighted by atomic mass is 14.2. The van der Waals surface area contributed by atoms with Crippen LogP contribution in [0.3, 0.4) is 0 Å². The van der Waals surface area contributed by atoms with Crippen molar-refractivity contribution in [2.24, 2.45) is 0 Å². The van der Waals surface area contributed by atoms with Gasteiger partial charge in [0.2, 0.25) is 0 Å². The predicted octanol–water partition coefficient (Wildman–Crippen LogP) is 6.97. The first-order valence-electron chi connectivity index (χ1n) is 8.33. The topological polar surface area (TPSA) is 0 Å². The first-order valence-corrected chi connectivity index (χ1v) is 8.33. The Bertz CT molecular complexity index is 1390. The van der Waals surface area contributed by atoms with Crippen molar-refractivity contribution in [3.63, 3.8) is 0 Å². The zero-order valence-electron chi connectivity index (χ0n) is 13.1. The van der Waals surface area contributed by atoms with Gasteiger partial charge >= 0.3 is 0 Å². The van der Waals surface area contributed by atoms with E-state index in [2.05, 4.69) is 73.3 Å². The summed E-state index contributed by atoms with van der Waals surface area (Å²) < 4.78 is 0. The van der Waals surface area contributed by atoms with Crippen LogP contribution in [0.1, 0.15) is 5.56 Å². The van der Waals surface area contributed by atoms with E-state index in [0.29, 0.717) is 0 Å². The van der Waals surface area contributed by atoms with Gasteiger partial charge in [0.15, 0.2) is 0 Å². The second-order valence-corrected chi connectivity index (χ2v) is 6.63. The maximum Gasteiger partial charge on any atom is -0.00139 e. The highest BCUT2D eigenvalue weighted by Gasteiger charge is 2.17. The molecule has 0 fully saturated rings. The van der Waals surface area contributed by atoms with Gasteiger partial charge in [-0.15, -0.1) is 0 Å². The summed E-state index contributed by atoms with van der Waals surface area (Å²) in [5, 5.41) is 13.5. The molecule has 0 aromatic heterocycles. The lowest BCUT2D eigenvalue weighted by Gasteiger charge is -2.19. The van der Waals surface area contributed by atoms with E-state index in [1.54, 1.807) is 0 Å². The van der Waals surface area contributed by atoms with Crippen LogP contribution in [0.5, 0.6) is 0 Å². The van der Waals surface area contributed by atoms with Crippen molar-refractivity contribution in [2.75, 3.05) is 0 Å². The summed E-state index contributed by atoms with van der Waals surface area (Å²) in [6.07, 6.45) is 1.99. The zero-order chi connectivity index (χ0) is 15.8. The lowest BCUT2D eigenvalue weighted by atomic mass is 9.84. The second-order valence-electron chi connectivity index (χ2n) is 6.63. The Balaban J connectivity index is 2.19. The van der Waals surface area contributed by atoms with Gasteiger partial charge in [-0.3, -0.25) is 0 Å². The molecule has 0 aliphatic heterocycles. The molecule has 110 valence electrons.